The first-order chi connectivity index (χ1) is 11.6. The van der Waals surface area contributed by atoms with Crippen LogP contribution in [0, 0.1) is 0 Å². The Morgan fingerprint density at radius 3 is 1.83 bits per heavy atom. The average molecular weight is 334 g/mol. The Balaban J connectivity index is 2.19. The van der Waals surface area contributed by atoms with Crippen LogP contribution in [-0.2, 0) is 0 Å². The molecule has 2 aromatic carbocycles. The average Bonchev–Trinajstić information content (AvgIpc) is 2.64. The minimum atomic E-state index is -0.872. The van der Waals surface area contributed by atoms with E-state index in [1.54, 1.807) is 31.4 Å². The lowest BCUT2D eigenvalue weighted by Crippen LogP contribution is -2.11. The summed E-state index contributed by atoms with van der Waals surface area (Å²) < 4.78 is 26.7. The molecule has 0 aliphatic heterocycles. The van der Waals surface area contributed by atoms with Gasteiger partial charge in [0.05, 0.1) is 28.4 Å². The van der Waals surface area contributed by atoms with E-state index >= 15 is 0 Å². The summed E-state index contributed by atoms with van der Waals surface area (Å²) in [4.78, 5) is 0. The summed E-state index contributed by atoms with van der Waals surface area (Å²) in [7, 11) is 6.15. The highest BCUT2D eigenvalue weighted by atomic mass is 16.5. The van der Waals surface area contributed by atoms with Gasteiger partial charge in [0, 0.05) is 0 Å². The van der Waals surface area contributed by atoms with Gasteiger partial charge < -0.3 is 28.8 Å². The minimum absolute atomic E-state index is 0.0546. The molecule has 130 valence electrons. The first kappa shape index (κ1) is 17.7. The van der Waals surface area contributed by atoms with E-state index in [4.69, 9.17) is 23.7 Å². The van der Waals surface area contributed by atoms with Gasteiger partial charge in [-0.1, -0.05) is 12.1 Å². The predicted molar refractivity (Wildman–Crippen MR) is 89.5 cm³/mol. The number of hydrogen-bond acceptors (Lipinski definition) is 6. The summed E-state index contributed by atoms with van der Waals surface area (Å²) in [5.74, 6) is 2.59. The van der Waals surface area contributed by atoms with Crippen LogP contribution in [0.1, 0.15) is 11.7 Å². The molecule has 0 aliphatic carbocycles. The van der Waals surface area contributed by atoms with Gasteiger partial charge in [-0.2, -0.15) is 0 Å². The van der Waals surface area contributed by atoms with Gasteiger partial charge in [-0.3, -0.25) is 0 Å². The molecule has 2 rings (SSSR count). The van der Waals surface area contributed by atoms with Crippen molar-refractivity contribution in [2.24, 2.45) is 0 Å². The van der Waals surface area contributed by atoms with Gasteiger partial charge in [0.15, 0.2) is 23.0 Å². The molecule has 0 saturated carbocycles. The molecule has 0 heterocycles. The smallest absolute Gasteiger partial charge is 0.203 e. The fraction of sp³-hybridized carbons (Fsp3) is 0.333. The van der Waals surface area contributed by atoms with Crippen molar-refractivity contribution < 1.29 is 28.8 Å². The van der Waals surface area contributed by atoms with Crippen molar-refractivity contribution in [3.63, 3.8) is 0 Å². The molecule has 1 N–H and O–H groups in total. The van der Waals surface area contributed by atoms with Gasteiger partial charge in [-0.15, -0.1) is 0 Å². The molecule has 1 atom stereocenters. The molecule has 0 amide bonds. The van der Waals surface area contributed by atoms with Crippen LogP contribution < -0.4 is 23.7 Å². The zero-order valence-electron chi connectivity index (χ0n) is 14.2. The molecule has 0 saturated heterocycles. The molecule has 0 aliphatic rings. The van der Waals surface area contributed by atoms with Gasteiger partial charge in [-0.05, 0) is 29.8 Å². The van der Waals surface area contributed by atoms with Crippen LogP contribution in [0.5, 0.6) is 28.7 Å². The van der Waals surface area contributed by atoms with Crippen LogP contribution in [0.25, 0.3) is 0 Å². The molecule has 0 spiro atoms. The lowest BCUT2D eigenvalue weighted by atomic mass is 10.1. The van der Waals surface area contributed by atoms with Crippen molar-refractivity contribution in [2.45, 2.75) is 6.10 Å². The van der Waals surface area contributed by atoms with Crippen molar-refractivity contribution in [2.75, 3.05) is 35.0 Å². The van der Waals surface area contributed by atoms with Crippen molar-refractivity contribution in [3.05, 3.63) is 42.0 Å². The molecule has 0 aromatic heterocycles. The van der Waals surface area contributed by atoms with E-state index in [1.165, 1.54) is 21.3 Å². The molecule has 6 heteroatoms. The molecule has 1 unspecified atom stereocenters. The summed E-state index contributed by atoms with van der Waals surface area (Å²) in [6, 6.07) is 10.6. The van der Waals surface area contributed by atoms with Gasteiger partial charge in [-0.25, -0.2) is 0 Å². The van der Waals surface area contributed by atoms with E-state index in [0.717, 1.165) is 0 Å². The van der Waals surface area contributed by atoms with E-state index in [1.807, 2.05) is 12.1 Å². The van der Waals surface area contributed by atoms with E-state index in [2.05, 4.69) is 0 Å². The number of methoxy groups -OCH3 is 4. The summed E-state index contributed by atoms with van der Waals surface area (Å²) in [6.07, 6.45) is -0.872. The number of aliphatic hydroxyl groups is 1. The van der Waals surface area contributed by atoms with Crippen LogP contribution in [0.4, 0.5) is 0 Å². The Morgan fingerprint density at radius 1 is 0.792 bits per heavy atom. The molecular weight excluding hydrogens is 312 g/mol. The zero-order chi connectivity index (χ0) is 17.5. The number of ether oxygens (including phenoxy) is 5. The van der Waals surface area contributed by atoms with Crippen molar-refractivity contribution in [3.8, 4) is 28.7 Å². The van der Waals surface area contributed by atoms with Crippen molar-refractivity contribution >= 4 is 0 Å². The fourth-order valence-electron chi connectivity index (χ4n) is 2.30. The second kappa shape index (κ2) is 8.31. The van der Waals surface area contributed by atoms with Crippen LogP contribution in [0.15, 0.2) is 36.4 Å². The normalized spacial score (nSPS) is 11.5. The van der Waals surface area contributed by atoms with Crippen LogP contribution in [0.2, 0.25) is 0 Å². The highest BCUT2D eigenvalue weighted by Gasteiger charge is 2.18. The van der Waals surface area contributed by atoms with Gasteiger partial charge in [0.1, 0.15) is 12.7 Å². The quantitative estimate of drug-likeness (QED) is 0.801. The molecule has 2 aromatic rings. The SMILES string of the molecule is COc1ccccc1OCC(O)c1cc(OC)c(OC)c(OC)c1. The summed E-state index contributed by atoms with van der Waals surface area (Å²) in [5, 5.41) is 10.4. The van der Waals surface area contributed by atoms with Gasteiger partial charge in [0.2, 0.25) is 5.75 Å². The first-order valence-electron chi connectivity index (χ1n) is 7.38. The van der Waals surface area contributed by atoms with E-state index < -0.39 is 6.10 Å². The second-order valence-corrected chi connectivity index (χ2v) is 4.94. The zero-order valence-corrected chi connectivity index (χ0v) is 14.2. The molecule has 0 radical (unpaired) electrons. The molecule has 6 nitrogen and oxygen atoms in total. The molecule has 0 fully saturated rings. The first-order valence-corrected chi connectivity index (χ1v) is 7.38. The molecule has 24 heavy (non-hydrogen) atoms. The number of rotatable bonds is 8. The Hall–Kier alpha value is -2.60. The highest BCUT2D eigenvalue weighted by molar-refractivity contribution is 5.54. The monoisotopic (exact) mass is 334 g/mol. The maximum Gasteiger partial charge on any atom is 0.203 e. The maximum absolute atomic E-state index is 10.4. The number of benzene rings is 2. The predicted octanol–water partition coefficient (Wildman–Crippen LogP) is 2.83. The van der Waals surface area contributed by atoms with E-state index in [-0.39, 0.29) is 6.61 Å². The molecule has 0 bridgehead atoms. The third kappa shape index (κ3) is 3.83. The van der Waals surface area contributed by atoms with Gasteiger partial charge in [0.25, 0.3) is 0 Å². The number of para-hydroxylation sites is 2. The maximum atomic E-state index is 10.4. The summed E-state index contributed by atoms with van der Waals surface area (Å²) in [6.45, 7) is 0.0546. The van der Waals surface area contributed by atoms with Crippen LogP contribution >= 0.6 is 0 Å². The van der Waals surface area contributed by atoms with Crippen LogP contribution in [-0.4, -0.2) is 40.2 Å². The lowest BCUT2D eigenvalue weighted by Gasteiger charge is -2.18. The Kier molecular flexibility index (Phi) is 6.14. The standard InChI is InChI=1S/C18H22O6/c1-20-14-7-5-6-8-15(14)24-11-13(19)12-9-16(21-2)18(23-4)17(10-12)22-3/h5-10,13,19H,11H2,1-4H3. The van der Waals surface area contributed by atoms with Crippen LogP contribution in [0.3, 0.4) is 0 Å². The summed E-state index contributed by atoms with van der Waals surface area (Å²) >= 11 is 0. The lowest BCUT2D eigenvalue weighted by molar-refractivity contribution is 0.106. The van der Waals surface area contributed by atoms with Crippen molar-refractivity contribution in [1.82, 2.24) is 0 Å². The summed E-state index contributed by atoms with van der Waals surface area (Å²) in [5.41, 5.74) is 0.597. The number of aliphatic hydroxyl groups excluding tert-OH is 1. The largest absolute Gasteiger partial charge is 0.493 e. The third-order valence-corrected chi connectivity index (χ3v) is 3.54. The minimum Gasteiger partial charge on any atom is -0.493 e. The number of hydrogen-bond donors (Lipinski definition) is 1. The van der Waals surface area contributed by atoms with E-state index in [9.17, 15) is 5.11 Å². The Morgan fingerprint density at radius 2 is 1.33 bits per heavy atom. The Labute approximate surface area is 141 Å². The Bertz CT molecular complexity index is 645. The van der Waals surface area contributed by atoms with Gasteiger partial charge >= 0.3 is 0 Å². The fourth-order valence-corrected chi connectivity index (χ4v) is 2.30. The van der Waals surface area contributed by atoms with Crippen molar-refractivity contribution in [1.29, 1.82) is 0 Å². The second-order valence-electron chi connectivity index (χ2n) is 4.94. The topological polar surface area (TPSA) is 66.4 Å². The van der Waals surface area contributed by atoms with E-state index in [0.29, 0.717) is 34.3 Å². The molecular formula is C18H22O6. The highest BCUT2D eigenvalue weighted by Crippen LogP contribution is 2.39. The third-order valence-electron chi connectivity index (χ3n) is 3.54.